The van der Waals surface area contributed by atoms with E-state index in [1.54, 1.807) is 0 Å². The lowest BCUT2D eigenvalue weighted by Crippen LogP contribution is -2.17. The molecule has 1 rings (SSSR count). The molecule has 3 heteroatoms. The van der Waals surface area contributed by atoms with Crippen molar-refractivity contribution in [1.29, 1.82) is 0 Å². The molecule has 0 heterocycles. The zero-order valence-corrected chi connectivity index (χ0v) is 8.16. The first-order valence-corrected chi connectivity index (χ1v) is 5.02. The van der Waals surface area contributed by atoms with Crippen LogP contribution in [0.4, 0.5) is 0 Å². The second-order valence-electron chi connectivity index (χ2n) is 3.59. The van der Waals surface area contributed by atoms with Crippen molar-refractivity contribution in [3.63, 3.8) is 0 Å². The molecule has 0 saturated heterocycles. The summed E-state index contributed by atoms with van der Waals surface area (Å²) in [7, 11) is 0. The largest absolute Gasteiger partial charge is 0.391 e. The van der Waals surface area contributed by atoms with Gasteiger partial charge in [-0.15, -0.1) is 0 Å². The minimum absolute atomic E-state index is 0.315. The molecule has 1 fully saturated rings. The molecule has 76 valence electrons. The average molecular weight is 186 g/mol. The van der Waals surface area contributed by atoms with Gasteiger partial charge in [0, 0.05) is 18.9 Å². The minimum atomic E-state index is -0.470. The van der Waals surface area contributed by atoms with Gasteiger partial charge in [0.2, 0.25) is 0 Å². The van der Waals surface area contributed by atoms with Gasteiger partial charge < -0.3 is 9.84 Å². The van der Waals surface area contributed by atoms with Crippen LogP contribution in [0.2, 0.25) is 0 Å². The highest BCUT2D eigenvalue weighted by Crippen LogP contribution is 2.31. The van der Waals surface area contributed by atoms with Crippen molar-refractivity contribution in [3.05, 3.63) is 0 Å². The third kappa shape index (κ3) is 4.39. The molecule has 3 nitrogen and oxygen atoms in total. The normalized spacial score (nSPS) is 18.6. The number of hydrogen-bond acceptors (Lipinski definition) is 3. The SMILES string of the molecule is CCOCC(O)CCC(=O)C1CC1. The van der Waals surface area contributed by atoms with E-state index in [0.717, 1.165) is 12.8 Å². The van der Waals surface area contributed by atoms with Gasteiger partial charge >= 0.3 is 0 Å². The highest BCUT2D eigenvalue weighted by atomic mass is 16.5. The van der Waals surface area contributed by atoms with E-state index in [0.29, 0.717) is 37.8 Å². The van der Waals surface area contributed by atoms with Gasteiger partial charge in [0.05, 0.1) is 12.7 Å². The van der Waals surface area contributed by atoms with E-state index in [2.05, 4.69) is 0 Å². The van der Waals surface area contributed by atoms with Gasteiger partial charge in [-0.2, -0.15) is 0 Å². The number of hydrogen-bond donors (Lipinski definition) is 1. The molecule has 0 spiro atoms. The minimum Gasteiger partial charge on any atom is -0.391 e. The number of aliphatic hydroxyl groups excluding tert-OH is 1. The van der Waals surface area contributed by atoms with Gasteiger partial charge in [0.15, 0.2) is 0 Å². The van der Waals surface area contributed by atoms with Gasteiger partial charge in [0.1, 0.15) is 5.78 Å². The Morgan fingerprint density at radius 1 is 1.62 bits per heavy atom. The number of rotatable bonds is 7. The highest BCUT2D eigenvalue weighted by Gasteiger charge is 2.29. The summed E-state index contributed by atoms with van der Waals surface area (Å²) in [4.78, 5) is 11.2. The Kier molecular flexibility index (Phi) is 4.39. The fourth-order valence-corrected chi connectivity index (χ4v) is 1.26. The van der Waals surface area contributed by atoms with Crippen molar-refractivity contribution in [2.24, 2.45) is 5.92 Å². The molecule has 1 atom stereocenters. The lowest BCUT2D eigenvalue weighted by Gasteiger charge is -2.08. The van der Waals surface area contributed by atoms with E-state index in [-0.39, 0.29) is 0 Å². The molecule has 0 bridgehead atoms. The van der Waals surface area contributed by atoms with Crippen LogP contribution in [0, 0.1) is 5.92 Å². The lowest BCUT2D eigenvalue weighted by atomic mass is 10.1. The number of carbonyl (C=O) groups excluding carboxylic acids is 1. The van der Waals surface area contributed by atoms with Crippen LogP contribution in [-0.4, -0.2) is 30.2 Å². The third-order valence-corrected chi connectivity index (χ3v) is 2.27. The van der Waals surface area contributed by atoms with Crippen LogP contribution < -0.4 is 0 Å². The number of ketones is 1. The van der Waals surface area contributed by atoms with E-state index in [1.807, 2.05) is 6.92 Å². The van der Waals surface area contributed by atoms with Crippen LogP contribution in [0.15, 0.2) is 0 Å². The van der Waals surface area contributed by atoms with E-state index in [1.165, 1.54) is 0 Å². The fourth-order valence-electron chi connectivity index (χ4n) is 1.26. The first kappa shape index (κ1) is 10.7. The molecule has 0 amide bonds. The summed E-state index contributed by atoms with van der Waals surface area (Å²) in [6.07, 6.45) is 2.71. The van der Waals surface area contributed by atoms with E-state index in [4.69, 9.17) is 4.74 Å². The topological polar surface area (TPSA) is 46.5 Å². The predicted molar refractivity (Wildman–Crippen MR) is 49.5 cm³/mol. The summed E-state index contributed by atoms with van der Waals surface area (Å²) in [6, 6.07) is 0. The zero-order chi connectivity index (χ0) is 9.68. The van der Waals surface area contributed by atoms with Crippen LogP contribution in [0.1, 0.15) is 32.6 Å². The molecule has 1 unspecified atom stereocenters. The Morgan fingerprint density at radius 3 is 2.85 bits per heavy atom. The molecule has 0 aromatic carbocycles. The van der Waals surface area contributed by atoms with Crippen LogP contribution in [0.3, 0.4) is 0 Å². The molecular formula is C10H18O3. The van der Waals surface area contributed by atoms with Crippen LogP contribution in [0.25, 0.3) is 0 Å². The number of carbonyl (C=O) groups is 1. The monoisotopic (exact) mass is 186 g/mol. The summed E-state index contributed by atoms with van der Waals surface area (Å²) < 4.78 is 5.04. The van der Waals surface area contributed by atoms with Gasteiger partial charge in [-0.25, -0.2) is 0 Å². The Labute approximate surface area is 79.1 Å². The smallest absolute Gasteiger partial charge is 0.136 e. The third-order valence-electron chi connectivity index (χ3n) is 2.27. The molecule has 0 radical (unpaired) electrons. The van der Waals surface area contributed by atoms with Gasteiger partial charge in [-0.05, 0) is 26.2 Å². The van der Waals surface area contributed by atoms with Crippen molar-refractivity contribution >= 4 is 5.78 Å². The van der Waals surface area contributed by atoms with Crippen molar-refractivity contribution in [2.45, 2.75) is 38.7 Å². The Bertz CT molecular complexity index is 164. The fraction of sp³-hybridized carbons (Fsp3) is 0.900. The van der Waals surface area contributed by atoms with Crippen molar-refractivity contribution < 1.29 is 14.6 Å². The summed E-state index contributed by atoms with van der Waals surface area (Å²) >= 11 is 0. The molecule has 1 aliphatic carbocycles. The quantitative estimate of drug-likeness (QED) is 0.648. The van der Waals surface area contributed by atoms with E-state index >= 15 is 0 Å². The molecule has 1 saturated carbocycles. The predicted octanol–water partition coefficient (Wildman–Crippen LogP) is 1.14. The lowest BCUT2D eigenvalue weighted by molar-refractivity contribution is -0.121. The van der Waals surface area contributed by atoms with Gasteiger partial charge in [-0.1, -0.05) is 0 Å². The summed E-state index contributed by atoms with van der Waals surface area (Å²) in [5, 5.41) is 9.35. The molecule has 1 aliphatic rings. The van der Waals surface area contributed by atoms with Crippen LogP contribution in [0.5, 0.6) is 0 Å². The number of aliphatic hydroxyl groups is 1. The Balaban J connectivity index is 1.99. The zero-order valence-electron chi connectivity index (χ0n) is 8.16. The summed E-state index contributed by atoms with van der Waals surface area (Å²) in [6.45, 7) is 2.87. The molecular weight excluding hydrogens is 168 g/mol. The number of Topliss-reactive ketones (excluding diaryl/α,β-unsaturated/α-hetero) is 1. The van der Waals surface area contributed by atoms with E-state index in [9.17, 15) is 9.90 Å². The average Bonchev–Trinajstić information content (AvgIpc) is 2.93. The molecule has 1 N–H and O–H groups in total. The van der Waals surface area contributed by atoms with Crippen LogP contribution >= 0.6 is 0 Å². The first-order valence-electron chi connectivity index (χ1n) is 5.02. The Hall–Kier alpha value is -0.410. The summed E-state index contributed by atoms with van der Waals surface area (Å²) in [5.74, 6) is 0.634. The second kappa shape index (κ2) is 5.35. The van der Waals surface area contributed by atoms with Crippen molar-refractivity contribution in [3.8, 4) is 0 Å². The first-order chi connectivity index (χ1) is 6.24. The Morgan fingerprint density at radius 2 is 2.31 bits per heavy atom. The maximum Gasteiger partial charge on any atom is 0.136 e. The highest BCUT2D eigenvalue weighted by molar-refractivity contribution is 5.83. The maximum absolute atomic E-state index is 11.2. The van der Waals surface area contributed by atoms with E-state index < -0.39 is 6.10 Å². The van der Waals surface area contributed by atoms with Crippen molar-refractivity contribution in [1.82, 2.24) is 0 Å². The van der Waals surface area contributed by atoms with Gasteiger partial charge in [-0.3, -0.25) is 4.79 Å². The maximum atomic E-state index is 11.2. The van der Waals surface area contributed by atoms with Crippen molar-refractivity contribution in [2.75, 3.05) is 13.2 Å². The standard InChI is InChI=1S/C10H18O3/c1-2-13-7-9(11)5-6-10(12)8-3-4-8/h8-9,11H,2-7H2,1H3. The summed E-state index contributed by atoms with van der Waals surface area (Å²) in [5.41, 5.74) is 0. The molecule has 0 aromatic rings. The molecule has 13 heavy (non-hydrogen) atoms. The number of ether oxygens (including phenoxy) is 1. The molecule has 0 aliphatic heterocycles. The van der Waals surface area contributed by atoms with Gasteiger partial charge in [0.25, 0.3) is 0 Å². The molecule has 0 aromatic heterocycles. The second-order valence-corrected chi connectivity index (χ2v) is 3.59. The van der Waals surface area contributed by atoms with Crippen LogP contribution in [-0.2, 0) is 9.53 Å².